The quantitative estimate of drug-likeness (QED) is 0.415. The highest BCUT2D eigenvalue weighted by molar-refractivity contribution is 7.92. The largest absolute Gasteiger partial charge is 0.493 e. The average molecular weight is 492 g/mol. The van der Waals surface area contributed by atoms with Crippen LogP contribution in [0.3, 0.4) is 0 Å². The summed E-state index contributed by atoms with van der Waals surface area (Å²) in [4.78, 5) is 12.2. The number of alkyl halides is 3. The highest BCUT2D eigenvalue weighted by Gasteiger charge is 2.31. The molecule has 2 rings (SSSR count). The average Bonchev–Trinajstić information content (AvgIpc) is 2.68. The topological polar surface area (TPSA) is 84.5 Å². The van der Waals surface area contributed by atoms with Crippen molar-refractivity contribution < 1.29 is 39.9 Å². The lowest BCUT2D eigenvalue weighted by Crippen LogP contribution is -2.25. The zero-order chi connectivity index (χ0) is 25.0. The van der Waals surface area contributed by atoms with Gasteiger partial charge in [0.1, 0.15) is 11.4 Å². The molecule has 0 aliphatic carbocycles. The van der Waals surface area contributed by atoms with E-state index in [1.807, 2.05) is 0 Å². The molecular formula is C21H21F5N2O4S. The molecule has 2 aromatic carbocycles. The molecule has 0 fully saturated rings. The summed E-state index contributed by atoms with van der Waals surface area (Å²) in [6.07, 6.45) is -1.54. The van der Waals surface area contributed by atoms with Crippen molar-refractivity contribution in [3.63, 3.8) is 0 Å². The number of hydrogen-bond donors (Lipinski definition) is 2. The van der Waals surface area contributed by atoms with Crippen molar-refractivity contribution in [3.05, 3.63) is 64.7 Å². The number of benzene rings is 2. The third-order valence-corrected chi connectivity index (χ3v) is 4.84. The van der Waals surface area contributed by atoms with E-state index in [4.69, 9.17) is 4.74 Å². The number of rotatable bonds is 8. The summed E-state index contributed by atoms with van der Waals surface area (Å²) >= 11 is 0. The first kappa shape index (κ1) is 26.1. The molecule has 0 aromatic heterocycles. The van der Waals surface area contributed by atoms with Gasteiger partial charge >= 0.3 is 6.18 Å². The minimum absolute atomic E-state index is 0.0235. The van der Waals surface area contributed by atoms with Gasteiger partial charge in [0.2, 0.25) is 15.9 Å². The number of carbonyl (C=O) groups excluding carboxylic acids is 1. The molecule has 6 nitrogen and oxygen atoms in total. The molecule has 0 spiro atoms. The first-order chi connectivity index (χ1) is 15.2. The molecule has 0 aliphatic heterocycles. The van der Waals surface area contributed by atoms with Gasteiger partial charge in [-0.25, -0.2) is 17.2 Å². The Morgan fingerprint density at radius 1 is 1.15 bits per heavy atom. The van der Waals surface area contributed by atoms with Crippen molar-refractivity contribution >= 4 is 27.7 Å². The molecule has 0 bridgehead atoms. The van der Waals surface area contributed by atoms with E-state index in [2.05, 4.69) is 5.32 Å². The molecule has 0 aliphatic rings. The zero-order valence-electron chi connectivity index (χ0n) is 17.8. The second-order valence-corrected chi connectivity index (χ2v) is 8.73. The van der Waals surface area contributed by atoms with Gasteiger partial charge in [0.25, 0.3) is 0 Å². The van der Waals surface area contributed by atoms with Gasteiger partial charge in [0, 0.05) is 11.6 Å². The van der Waals surface area contributed by atoms with Crippen LogP contribution in [0.1, 0.15) is 36.6 Å². The standard InChI is InChI=1S/C21H21F5N2O4S/c1-4-32-18-11-15(21(24,25)26)7-5-13(18)6-8-19(29)27-12(2)14-9-16(22)20(17(23)10-14)28-33(3,30)31/h5-12,28H,4H2,1-3H3,(H,27,29)/b8-6-. The highest BCUT2D eigenvalue weighted by atomic mass is 32.2. The molecule has 1 amide bonds. The normalized spacial score (nSPS) is 13.1. The number of ether oxygens (including phenoxy) is 1. The van der Waals surface area contributed by atoms with E-state index in [0.717, 1.165) is 42.7 Å². The minimum Gasteiger partial charge on any atom is -0.493 e. The molecule has 0 heterocycles. The fourth-order valence-corrected chi connectivity index (χ4v) is 3.33. The van der Waals surface area contributed by atoms with Gasteiger partial charge in [-0.05, 0) is 49.8 Å². The molecule has 0 saturated heterocycles. The van der Waals surface area contributed by atoms with Crippen LogP contribution in [-0.2, 0) is 21.0 Å². The van der Waals surface area contributed by atoms with Crippen LogP contribution in [0.5, 0.6) is 5.75 Å². The van der Waals surface area contributed by atoms with Crippen molar-refractivity contribution in [2.24, 2.45) is 0 Å². The Morgan fingerprint density at radius 2 is 1.76 bits per heavy atom. The summed E-state index contributed by atoms with van der Waals surface area (Å²) in [6.45, 7) is 3.14. The predicted octanol–water partition coefficient (Wildman–Crippen LogP) is 4.64. The lowest BCUT2D eigenvalue weighted by Gasteiger charge is -2.15. The van der Waals surface area contributed by atoms with E-state index in [9.17, 15) is 35.2 Å². The number of halogens is 5. The second-order valence-electron chi connectivity index (χ2n) is 6.98. The summed E-state index contributed by atoms with van der Waals surface area (Å²) in [5.74, 6) is -3.09. The maximum absolute atomic E-state index is 14.2. The summed E-state index contributed by atoms with van der Waals surface area (Å²) in [6, 6.07) is 3.68. The Hall–Kier alpha value is -3.15. The second kappa shape index (κ2) is 10.2. The summed E-state index contributed by atoms with van der Waals surface area (Å²) in [7, 11) is -3.91. The molecule has 12 heteroatoms. The molecule has 0 radical (unpaired) electrons. The molecule has 2 N–H and O–H groups in total. The van der Waals surface area contributed by atoms with Crippen molar-refractivity contribution in [2.45, 2.75) is 26.1 Å². The first-order valence-corrected chi connectivity index (χ1v) is 11.4. The maximum atomic E-state index is 14.2. The lowest BCUT2D eigenvalue weighted by molar-refractivity contribution is -0.137. The van der Waals surface area contributed by atoms with Crippen LogP contribution >= 0.6 is 0 Å². The Balaban J connectivity index is 2.18. The third kappa shape index (κ3) is 7.45. The number of anilines is 1. The minimum atomic E-state index is -4.56. The predicted molar refractivity (Wildman–Crippen MR) is 113 cm³/mol. The smallest absolute Gasteiger partial charge is 0.416 e. The Labute approximate surface area is 187 Å². The summed E-state index contributed by atoms with van der Waals surface area (Å²) < 4.78 is 96.4. The Bertz CT molecular complexity index is 1140. The van der Waals surface area contributed by atoms with Crippen LogP contribution in [0.4, 0.5) is 27.6 Å². The molecule has 0 saturated carbocycles. The van der Waals surface area contributed by atoms with E-state index in [-0.39, 0.29) is 23.5 Å². The number of carbonyl (C=O) groups is 1. The van der Waals surface area contributed by atoms with E-state index in [1.54, 1.807) is 11.6 Å². The van der Waals surface area contributed by atoms with E-state index < -0.39 is 51.0 Å². The summed E-state index contributed by atoms with van der Waals surface area (Å²) in [5, 5.41) is 2.46. The third-order valence-electron chi connectivity index (χ3n) is 4.27. The van der Waals surface area contributed by atoms with Gasteiger partial charge in [-0.3, -0.25) is 9.52 Å². The molecule has 33 heavy (non-hydrogen) atoms. The van der Waals surface area contributed by atoms with Gasteiger partial charge in [-0.2, -0.15) is 13.2 Å². The monoisotopic (exact) mass is 492 g/mol. The van der Waals surface area contributed by atoms with Gasteiger partial charge in [0.15, 0.2) is 11.6 Å². The maximum Gasteiger partial charge on any atom is 0.416 e. The highest BCUT2D eigenvalue weighted by Crippen LogP contribution is 2.33. The zero-order valence-corrected chi connectivity index (χ0v) is 18.6. The van der Waals surface area contributed by atoms with Gasteiger partial charge in [0.05, 0.1) is 24.5 Å². The molecule has 1 unspecified atom stereocenters. The molecule has 1 atom stereocenters. The Morgan fingerprint density at radius 3 is 2.27 bits per heavy atom. The van der Waals surface area contributed by atoms with Gasteiger partial charge < -0.3 is 10.1 Å². The van der Waals surface area contributed by atoms with Crippen molar-refractivity contribution in [1.29, 1.82) is 0 Å². The van der Waals surface area contributed by atoms with E-state index in [1.165, 1.54) is 13.0 Å². The summed E-state index contributed by atoms with van der Waals surface area (Å²) in [5.41, 5.74) is -1.50. The number of amides is 1. The van der Waals surface area contributed by atoms with Crippen LogP contribution in [0, 0.1) is 11.6 Å². The van der Waals surface area contributed by atoms with E-state index >= 15 is 0 Å². The van der Waals surface area contributed by atoms with Crippen molar-refractivity contribution in [3.8, 4) is 5.75 Å². The van der Waals surface area contributed by atoms with Gasteiger partial charge in [-0.15, -0.1) is 0 Å². The van der Waals surface area contributed by atoms with Crippen LogP contribution in [0.15, 0.2) is 36.4 Å². The van der Waals surface area contributed by atoms with Crippen LogP contribution in [-0.4, -0.2) is 27.2 Å². The van der Waals surface area contributed by atoms with Crippen molar-refractivity contribution in [2.75, 3.05) is 17.6 Å². The van der Waals surface area contributed by atoms with Crippen LogP contribution < -0.4 is 14.8 Å². The molecule has 180 valence electrons. The van der Waals surface area contributed by atoms with E-state index in [0.29, 0.717) is 0 Å². The fraction of sp³-hybridized carbons (Fsp3) is 0.286. The van der Waals surface area contributed by atoms with Crippen molar-refractivity contribution in [1.82, 2.24) is 5.32 Å². The number of hydrogen-bond acceptors (Lipinski definition) is 4. The first-order valence-electron chi connectivity index (χ1n) is 9.50. The molecular weight excluding hydrogens is 471 g/mol. The van der Waals surface area contributed by atoms with Crippen LogP contribution in [0.2, 0.25) is 0 Å². The lowest BCUT2D eigenvalue weighted by atomic mass is 10.1. The van der Waals surface area contributed by atoms with Gasteiger partial charge in [-0.1, -0.05) is 6.07 Å². The Kier molecular flexibility index (Phi) is 8.06. The van der Waals surface area contributed by atoms with Crippen LogP contribution in [0.25, 0.3) is 6.08 Å². The fourth-order valence-electron chi connectivity index (χ4n) is 2.76. The molecule has 2 aromatic rings. The number of sulfonamides is 1. The number of nitrogens with one attached hydrogen (secondary N) is 2. The SMILES string of the molecule is CCOc1cc(C(F)(F)F)ccc1/C=C\C(=O)NC(C)c1cc(F)c(NS(C)(=O)=O)c(F)c1.